The van der Waals surface area contributed by atoms with Gasteiger partial charge in [0, 0.05) is 12.6 Å². The number of alkyl halides is 3. The number of nitrogens with two attached hydrogens (primary N) is 1. The summed E-state index contributed by atoms with van der Waals surface area (Å²) in [7, 11) is 0. The monoisotopic (exact) mass is 388 g/mol. The molecule has 2 aromatic rings. The quantitative estimate of drug-likeness (QED) is 0.566. The number of aliphatic hydroxyl groups excluding tert-OH is 1. The van der Waals surface area contributed by atoms with E-state index >= 15 is 0 Å². The normalized spacial score (nSPS) is 14.2. The second kappa shape index (κ2) is 8.16. The number of phenols is 1. The van der Waals surface area contributed by atoms with Crippen LogP contribution in [0.25, 0.3) is 0 Å². The lowest BCUT2D eigenvalue weighted by Gasteiger charge is -2.20. The fourth-order valence-corrected chi connectivity index (χ4v) is 2.78. The summed E-state index contributed by atoms with van der Waals surface area (Å²) < 4.78 is 39.0. The highest BCUT2D eigenvalue weighted by atomic mass is 35.5. The van der Waals surface area contributed by atoms with Gasteiger partial charge in [-0.05, 0) is 48.7 Å². The molecule has 0 spiro atoms. The standard InChI is InChI=1S/C18H20ClF3N2O2/c1-10(6-11-2-4-13(25)5-3-11)24-9-16(26)12-7-14(18(20,21)22)17(23)15(19)8-12/h2-5,7-8,10,16,24-26H,6,9,23H2,1H3. The van der Waals surface area contributed by atoms with Gasteiger partial charge < -0.3 is 21.3 Å². The Kier molecular flexibility index (Phi) is 6.39. The number of halogens is 4. The van der Waals surface area contributed by atoms with Crippen LogP contribution in [0.15, 0.2) is 36.4 Å². The van der Waals surface area contributed by atoms with E-state index in [2.05, 4.69) is 5.32 Å². The van der Waals surface area contributed by atoms with Crippen LogP contribution >= 0.6 is 11.6 Å². The Hall–Kier alpha value is -1.96. The van der Waals surface area contributed by atoms with Gasteiger partial charge in [0.1, 0.15) is 5.75 Å². The molecule has 0 aromatic heterocycles. The summed E-state index contributed by atoms with van der Waals surface area (Å²) in [6, 6.07) is 8.72. The van der Waals surface area contributed by atoms with Gasteiger partial charge >= 0.3 is 6.18 Å². The van der Waals surface area contributed by atoms with Gasteiger partial charge in [0.15, 0.2) is 0 Å². The molecule has 2 atom stereocenters. The van der Waals surface area contributed by atoms with Crippen molar-refractivity contribution in [2.75, 3.05) is 12.3 Å². The van der Waals surface area contributed by atoms with Crippen LogP contribution in [0, 0.1) is 0 Å². The average Bonchev–Trinajstić information content (AvgIpc) is 2.56. The number of rotatable bonds is 6. The molecule has 0 aliphatic rings. The molecule has 2 unspecified atom stereocenters. The molecular formula is C18H20ClF3N2O2. The van der Waals surface area contributed by atoms with Crippen LogP contribution in [0.3, 0.4) is 0 Å². The highest BCUT2D eigenvalue weighted by Gasteiger charge is 2.34. The van der Waals surface area contributed by atoms with E-state index < -0.39 is 23.5 Å². The van der Waals surface area contributed by atoms with E-state index in [-0.39, 0.29) is 28.9 Å². The molecule has 0 bridgehead atoms. The summed E-state index contributed by atoms with van der Waals surface area (Å²) in [6.45, 7) is 1.94. The predicted molar refractivity (Wildman–Crippen MR) is 95.1 cm³/mol. The van der Waals surface area contributed by atoms with Gasteiger partial charge in [-0.1, -0.05) is 23.7 Å². The van der Waals surface area contributed by atoms with Crippen molar-refractivity contribution < 1.29 is 23.4 Å². The van der Waals surface area contributed by atoms with Crippen molar-refractivity contribution in [2.45, 2.75) is 31.7 Å². The molecule has 4 nitrogen and oxygen atoms in total. The van der Waals surface area contributed by atoms with E-state index in [4.69, 9.17) is 17.3 Å². The van der Waals surface area contributed by atoms with E-state index in [0.29, 0.717) is 6.42 Å². The maximum atomic E-state index is 13.0. The first-order valence-corrected chi connectivity index (χ1v) is 8.31. The second-order valence-corrected chi connectivity index (χ2v) is 6.56. The second-order valence-electron chi connectivity index (χ2n) is 6.16. The zero-order chi connectivity index (χ0) is 19.5. The first kappa shape index (κ1) is 20.4. The SMILES string of the molecule is CC(Cc1ccc(O)cc1)NCC(O)c1cc(Cl)c(N)c(C(F)(F)F)c1. The van der Waals surface area contributed by atoms with Crippen LogP contribution in [0.5, 0.6) is 5.75 Å². The number of aliphatic hydroxyl groups is 1. The summed E-state index contributed by atoms with van der Waals surface area (Å²) in [5.74, 6) is 0.172. The molecule has 0 aliphatic carbocycles. The minimum Gasteiger partial charge on any atom is -0.508 e. The summed E-state index contributed by atoms with van der Waals surface area (Å²) in [4.78, 5) is 0. The van der Waals surface area contributed by atoms with E-state index in [1.165, 1.54) is 6.07 Å². The number of anilines is 1. The molecule has 26 heavy (non-hydrogen) atoms. The zero-order valence-corrected chi connectivity index (χ0v) is 14.8. The molecule has 0 amide bonds. The Morgan fingerprint density at radius 3 is 2.38 bits per heavy atom. The first-order valence-electron chi connectivity index (χ1n) is 7.93. The van der Waals surface area contributed by atoms with Crippen LogP contribution in [0.4, 0.5) is 18.9 Å². The van der Waals surface area contributed by atoms with Crippen LogP contribution in [-0.4, -0.2) is 22.8 Å². The molecule has 2 rings (SSSR count). The minimum absolute atomic E-state index is 0.0412. The fourth-order valence-electron chi connectivity index (χ4n) is 2.55. The van der Waals surface area contributed by atoms with Gasteiger partial charge in [-0.25, -0.2) is 0 Å². The van der Waals surface area contributed by atoms with Crippen molar-refractivity contribution in [3.05, 3.63) is 58.1 Å². The van der Waals surface area contributed by atoms with E-state index in [0.717, 1.165) is 11.6 Å². The predicted octanol–water partition coefficient (Wildman–Crippen LogP) is 3.90. The number of benzene rings is 2. The lowest BCUT2D eigenvalue weighted by atomic mass is 10.0. The average molecular weight is 389 g/mol. The molecule has 0 aliphatic heterocycles. The van der Waals surface area contributed by atoms with Gasteiger partial charge in [0.25, 0.3) is 0 Å². The van der Waals surface area contributed by atoms with Crippen LogP contribution < -0.4 is 11.1 Å². The summed E-state index contributed by atoms with van der Waals surface area (Å²) in [5.41, 5.74) is 4.80. The topological polar surface area (TPSA) is 78.5 Å². The van der Waals surface area contributed by atoms with Crippen molar-refractivity contribution in [1.29, 1.82) is 0 Å². The molecule has 142 valence electrons. The number of phenolic OH excluding ortho intramolecular Hbond substituents is 1. The molecule has 0 radical (unpaired) electrons. The van der Waals surface area contributed by atoms with Gasteiger partial charge in [-0.15, -0.1) is 0 Å². The van der Waals surface area contributed by atoms with Crippen LogP contribution in [0.1, 0.15) is 29.7 Å². The Bertz CT molecular complexity index is 751. The summed E-state index contributed by atoms with van der Waals surface area (Å²) >= 11 is 5.77. The summed E-state index contributed by atoms with van der Waals surface area (Å²) in [5, 5.41) is 22.3. The van der Waals surface area contributed by atoms with Gasteiger partial charge in [-0.2, -0.15) is 13.2 Å². The number of nitrogens with one attached hydrogen (secondary N) is 1. The van der Waals surface area contributed by atoms with Crippen molar-refractivity contribution in [2.24, 2.45) is 0 Å². The highest BCUT2D eigenvalue weighted by Crippen LogP contribution is 2.38. The van der Waals surface area contributed by atoms with Gasteiger partial charge in [-0.3, -0.25) is 0 Å². The number of hydrogen-bond acceptors (Lipinski definition) is 4. The number of aromatic hydroxyl groups is 1. The smallest absolute Gasteiger partial charge is 0.418 e. The number of hydrogen-bond donors (Lipinski definition) is 4. The maximum Gasteiger partial charge on any atom is 0.418 e. The van der Waals surface area contributed by atoms with E-state index in [9.17, 15) is 23.4 Å². The van der Waals surface area contributed by atoms with Crippen molar-refractivity contribution in [3.8, 4) is 5.75 Å². The lowest BCUT2D eigenvalue weighted by Crippen LogP contribution is -2.32. The van der Waals surface area contributed by atoms with E-state index in [1.54, 1.807) is 24.3 Å². The number of nitrogen functional groups attached to an aromatic ring is 1. The van der Waals surface area contributed by atoms with Gasteiger partial charge in [0.2, 0.25) is 0 Å². The third-order valence-corrected chi connectivity index (χ3v) is 4.29. The highest BCUT2D eigenvalue weighted by molar-refractivity contribution is 6.33. The maximum absolute atomic E-state index is 13.0. The third-order valence-electron chi connectivity index (χ3n) is 3.98. The first-order chi connectivity index (χ1) is 12.1. The fraction of sp³-hybridized carbons (Fsp3) is 0.333. The molecule has 2 aromatic carbocycles. The van der Waals surface area contributed by atoms with Gasteiger partial charge in [0.05, 0.1) is 22.4 Å². The Morgan fingerprint density at radius 2 is 1.81 bits per heavy atom. The van der Waals surface area contributed by atoms with Crippen molar-refractivity contribution in [1.82, 2.24) is 5.32 Å². The molecular weight excluding hydrogens is 369 g/mol. The lowest BCUT2D eigenvalue weighted by molar-refractivity contribution is -0.137. The van der Waals surface area contributed by atoms with Crippen molar-refractivity contribution in [3.63, 3.8) is 0 Å². The molecule has 8 heteroatoms. The minimum atomic E-state index is -4.65. The van der Waals surface area contributed by atoms with Crippen LogP contribution in [0.2, 0.25) is 5.02 Å². The molecule has 0 saturated carbocycles. The van der Waals surface area contributed by atoms with E-state index in [1.807, 2.05) is 6.92 Å². The molecule has 0 fully saturated rings. The largest absolute Gasteiger partial charge is 0.508 e. The Morgan fingerprint density at radius 1 is 1.19 bits per heavy atom. The van der Waals surface area contributed by atoms with Crippen molar-refractivity contribution >= 4 is 17.3 Å². The summed E-state index contributed by atoms with van der Waals surface area (Å²) in [6.07, 6.45) is -5.19. The molecule has 5 N–H and O–H groups in total. The third kappa shape index (κ3) is 5.27. The molecule has 0 heterocycles. The molecule has 0 saturated heterocycles. The Labute approximate surface area is 154 Å². The van der Waals surface area contributed by atoms with Crippen LogP contribution in [-0.2, 0) is 12.6 Å². The zero-order valence-electron chi connectivity index (χ0n) is 14.0. The Balaban J connectivity index is 2.02.